The summed E-state index contributed by atoms with van der Waals surface area (Å²) < 4.78 is 0. The molecule has 3 heteroatoms. The molecule has 21 heavy (non-hydrogen) atoms. The highest BCUT2D eigenvalue weighted by molar-refractivity contribution is 5.08. The van der Waals surface area contributed by atoms with Crippen molar-refractivity contribution in [2.24, 2.45) is 23.0 Å². The van der Waals surface area contributed by atoms with Crippen LogP contribution in [0.2, 0.25) is 0 Å². The fourth-order valence-electron chi connectivity index (χ4n) is 3.71. The van der Waals surface area contributed by atoms with Crippen LogP contribution in [0.25, 0.3) is 0 Å². The normalized spacial score (nSPS) is 27.0. The van der Waals surface area contributed by atoms with Gasteiger partial charge in [-0.15, -0.1) is 0 Å². The van der Waals surface area contributed by atoms with Crippen LogP contribution in [0, 0.1) is 17.3 Å². The maximum absolute atomic E-state index is 6.04. The van der Waals surface area contributed by atoms with E-state index in [-0.39, 0.29) is 0 Å². The number of aromatic nitrogens is 1. The molecule has 1 heterocycles. The second kappa shape index (κ2) is 6.89. The number of hydrogen-bond acceptors (Lipinski definition) is 3. The van der Waals surface area contributed by atoms with Crippen molar-refractivity contribution in [1.29, 1.82) is 0 Å². The Bertz CT molecular complexity index is 424. The van der Waals surface area contributed by atoms with E-state index in [1.165, 1.54) is 24.8 Å². The molecule has 0 radical (unpaired) electrons. The van der Waals surface area contributed by atoms with Crippen molar-refractivity contribution < 1.29 is 0 Å². The SMILES string of the molecule is CN(Cc1cccnc1)C1CC(C(C)(C)C)CCC1CN. The van der Waals surface area contributed by atoms with Gasteiger partial charge >= 0.3 is 0 Å². The standard InChI is InChI=1S/C18H31N3/c1-18(2,3)16-8-7-15(11-19)17(10-16)21(4)13-14-6-5-9-20-12-14/h5-6,9,12,15-17H,7-8,10-11,13,19H2,1-4H3. The highest BCUT2D eigenvalue weighted by atomic mass is 15.1. The van der Waals surface area contributed by atoms with Gasteiger partial charge in [0.25, 0.3) is 0 Å². The molecule has 2 rings (SSSR count). The zero-order valence-electron chi connectivity index (χ0n) is 14.0. The Balaban J connectivity index is 2.06. The van der Waals surface area contributed by atoms with Crippen molar-refractivity contribution in [3.8, 4) is 0 Å². The second-order valence-electron chi connectivity index (χ2n) is 7.72. The molecule has 1 fully saturated rings. The number of pyridine rings is 1. The molecule has 0 saturated heterocycles. The molecule has 118 valence electrons. The molecule has 0 amide bonds. The van der Waals surface area contributed by atoms with Gasteiger partial charge in [0.1, 0.15) is 0 Å². The number of nitrogens with zero attached hydrogens (tertiary/aromatic N) is 2. The fraction of sp³-hybridized carbons (Fsp3) is 0.722. The van der Waals surface area contributed by atoms with Gasteiger partial charge in [-0.25, -0.2) is 0 Å². The van der Waals surface area contributed by atoms with E-state index in [0.717, 1.165) is 19.0 Å². The van der Waals surface area contributed by atoms with Gasteiger partial charge in [0.2, 0.25) is 0 Å². The van der Waals surface area contributed by atoms with Gasteiger partial charge in [-0.3, -0.25) is 9.88 Å². The Morgan fingerprint density at radius 2 is 2.10 bits per heavy atom. The second-order valence-corrected chi connectivity index (χ2v) is 7.72. The largest absolute Gasteiger partial charge is 0.330 e. The summed E-state index contributed by atoms with van der Waals surface area (Å²) in [7, 11) is 2.24. The van der Waals surface area contributed by atoms with Gasteiger partial charge in [0, 0.05) is 25.0 Å². The Morgan fingerprint density at radius 1 is 1.33 bits per heavy atom. The van der Waals surface area contributed by atoms with E-state index in [1.807, 2.05) is 18.5 Å². The molecule has 3 nitrogen and oxygen atoms in total. The van der Waals surface area contributed by atoms with Crippen LogP contribution in [0.3, 0.4) is 0 Å². The summed E-state index contributed by atoms with van der Waals surface area (Å²) in [4.78, 5) is 6.72. The quantitative estimate of drug-likeness (QED) is 0.924. The summed E-state index contributed by atoms with van der Waals surface area (Å²) in [6.07, 6.45) is 7.66. The van der Waals surface area contributed by atoms with Crippen molar-refractivity contribution in [2.75, 3.05) is 13.6 Å². The molecular formula is C18H31N3. The van der Waals surface area contributed by atoms with Crippen molar-refractivity contribution in [1.82, 2.24) is 9.88 Å². The van der Waals surface area contributed by atoms with E-state index in [0.29, 0.717) is 17.4 Å². The molecule has 1 aliphatic rings. The molecule has 1 saturated carbocycles. The van der Waals surface area contributed by atoms with Crippen LogP contribution in [0.5, 0.6) is 0 Å². The average Bonchev–Trinajstić information content (AvgIpc) is 2.46. The van der Waals surface area contributed by atoms with E-state index in [1.54, 1.807) is 0 Å². The maximum atomic E-state index is 6.04. The van der Waals surface area contributed by atoms with Crippen LogP contribution in [-0.4, -0.2) is 29.5 Å². The van der Waals surface area contributed by atoms with Crippen LogP contribution in [-0.2, 0) is 6.54 Å². The van der Waals surface area contributed by atoms with E-state index in [2.05, 4.69) is 43.8 Å². The highest BCUT2D eigenvalue weighted by Crippen LogP contribution is 2.41. The summed E-state index contributed by atoms with van der Waals surface area (Å²) in [5, 5.41) is 0. The molecule has 0 spiro atoms. The minimum Gasteiger partial charge on any atom is -0.330 e. The minimum atomic E-state index is 0.396. The summed E-state index contributed by atoms with van der Waals surface area (Å²) in [5.41, 5.74) is 7.72. The van der Waals surface area contributed by atoms with Gasteiger partial charge in [0.15, 0.2) is 0 Å². The first kappa shape index (κ1) is 16.4. The van der Waals surface area contributed by atoms with Crippen molar-refractivity contribution in [3.05, 3.63) is 30.1 Å². The van der Waals surface area contributed by atoms with Gasteiger partial charge in [-0.2, -0.15) is 0 Å². The fourth-order valence-corrected chi connectivity index (χ4v) is 3.71. The van der Waals surface area contributed by atoms with E-state index >= 15 is 0 Å². The molecule has 1 aromatic heterocycles. The third kappa shape index (κ3) is 4.27. The lowest BCUT2D eigenvalue weighted by atomic mass is 9.67. The first-order chi connectivity index (χ1) is 9.91. The lowest BCUT2D eigenvalue weighted by Gasteiger charge is -2.45. The van der Waals surface area contributed by atoms with Gasteiger partial charge in [-0.05, 0) is 61.7 Å². The van der Waals surface area contributed by atoms with Crippen molar-refractivity contribution >= 4 is 0 Å². The van der Waals surface area contributed by atoms with Crippen LogP contribution < -0.4 is 5.73 Å². The Morgan fingerprint density at radius 3 is 2.67 bits per heavy atom. The molecule has 2 N–H and O–H groups in total. The smallest absolute Gasteiger partial charge is 0.0312 e. The molecule has 3 unspecified atom stereocenters. The van der Waals surface area contributed by atoms with Gasteiger partial charge in [0.05, 0.1) is 0 Å². The van der Waals surface area contributed by atoms with Crippen LogP contribution in [0.15, 0.2) is 24.5 Å². The topological polar surface area (TPSA) is 42.2 Å². The van der Waals surface area contributed by atoms with Crippen molar-refractivity contribution in [3.63, 3.8) is 0 Å². The Labute approximate surface area is 129 Å². The first-order valence-corrected chi connectivity index (χ1v) is 8.21. The zero-order valence-corrected chi connectivity index (χ0v) is 14.0. The third-order valence-corrected chi connectivity index (χ3v) is 5.20. The summed E-state index contributed by atoms with van der Waals surface area (Å²) in [6, 6.07) is 4.76. The van der Waals surface area contributed by atoms with Crippen LogP contribution in [0.1, 0.15) is 45.6 Å². The van der Waals surface area contributed by atoms with Gasteiger partial charge in [-0.1, -0.05) is 26.8 Å². The summed E-state index contributed by atoms with van der Waals surface area (Å²) in [6.45, 7) is 8.89. The van der Waals surface area contributed by atoms with E-state index in [9.17, 15) is 0 Å². The molecular weight excluding hydrogens is 258 g/mol. The summed E-state index contributed by atoms with van der Waals surface area (Å²) >= 11 is 0. The van der Waals surface area contributed by atoms with E-state index < -0.39 is 0 Å². The lowest BCUT2D eigenvalue weighted by molar-refractivity contribution is 0.0555. The molecule has 0 aromatic carbocycles. The van der Waals surface area contributed by atoms with Gasteiger partial charge < -0.3 is 5.73 Å². The minimum absolute atomic E-state index is 0.396. The third-order valence-electron chi connectivity index (χ3n) is 5.20. The Hall–Kier alpha value is -0.930. The first-order valence-electron chi connectivity index (χ1n) is 8.21. The predicted molar refractivity (Wildman–Crippen MR) is 88.8 cm³/mol. The molecule has 3 atom stereocenters. The highest BCUT2D eigenvalue weighted by Gasteiger charge is 2.36. The predicted octanol–water partition coefficient (Wildman–Crippen LogP) is 3.30. The average molecular weight is 289 g/mol. The molecule has 1 aliphatic carbocycles. The van der Waals surface area contributed by atoms with Crippen molar-refractivity contribution in [2.45, 2.75) is 52.6 Å². The number of rotatable bonds is 4. The molecule has 0 bridgehead atoms. The molecule has 1 aromatic rings. The van der Waals surface area contributed by atoms with E-state index in [4.69, 9.17) is 5.73 Å². The summed E-state index contributed by atoms with van der Waals surface area (Å²) in [5.74, 6) is 1.42. The monoisotopic (exact) mass is 289 g/mol. The van der Waals surface area contributed by atoms with Crippen LogP contribution >= 0.6 is 0 Å². The number of hydrogen-bond donors (Lipinski definition) is 1. The Kier molecular flexibility index (Phi) is 5.39. The molecule has 0 aliphatic heterocycles. The zero-order chi connectivity index (χ0) is 15.5. The number of nitrogens with two attached hydrogens (primary N) is 1. The lowest BCUT2D eigenvalue weighted by Crippen LogP contribution is -2.46. The maximum Gasteiger partial charge on any atom is 0.0312 e. The van der Waals surface area contributed by atoms with Crippen LogP contribution in [0.4, 0.5) is 0 Å².